The molecule has 8 rings (SSSR count). The van der Waals surface area contributed by atoms with Gasteiger partial charge in [0.25, 0.3) is 29.5 Å². The van der Waals surface area contributed by atoms with Crippen molar-refractivity contribution in [2.45, 2.75) is 45.6 Å². The number of imidazole rings is 2. The Morgan fingerprint density at radius 2 is 0.944 bits per heavy atom. The molecule has 0 unspecified atom stereocenters. The maximum absolute atomic E-state index is 13.4. The number of ether oxygens (including phenoxy) is 8. The summed E-state index contributed by atoms with van der Waals surface area (Å²) in [5.74, 6) is -3.33. The van der Waals surface area contributed by atoms with Gasteiger partial charge < -0.3 is 115 Å². The van der Waals surface area contributed by atoms with Crippen molar-refractivity contribution in [2.75, 3.05) is 164 Å². The number of carbonyl (C=O) groups is 8. The van der Waals surface area contributed by atoms with E-state index in [1.54, 1.807) is 70.1 Å². The Hall–Kier alpha value is -10.6. The third kappa shape index (κ3) is 25.6. The number of halogens is 1. The molecule has 0 spiro atoms. The first-order chi connectivity index (χ1) is 51.5. The molecule has 34 nitrogen and oxygen atoms in total. The molecule has 13 N–H and O–H groups in total. The number of anilines is 6. The van der Waals surface area contributed by atoms with Gasteiger partial charge in [0.15, 0.2) is 17.6 Å². The van der Waals surface area contributed by atoms with E-state index in [0.29, 0.717) is 133 Å². The third-order valence-electron chi connectivity index (χ3n) is 16.5. The predicted molar refractivity (Wildman–Crippen MR) is 401 cm³/mol. The predicted octanol–water partition coefficient (Wildman–Crippen LogP) is 4.46. The number of guanidine groups is 1. The average molecular weight is 1500 g/mol. The molecule has 0 saturated carbocycles. The number of fused-ring (bicyclic) bond motifs is 1. The van der Waals surface area contributed by atoms with Crippen LogP contribution in [-0.4, -0.2) is 219 Å². The van der Waals surface area contributed by atoms with Gasteiger partial charge in [0.1, 0.15) is 11.4 Å². The number of nitrogen functional groups attached to an aromatic ring is 1. The molecular weight excluding hydrogens is 1410 g/mol. The lowest BCUT2D eigenvalue weighted by Gasteiger charge is -2.35. The summed E-state index contributed by atoms with van der Waals surface area (Å²) in [6.45, 7) is 10.1. The molecule has 0 fully saturated rings. The van der Waals surface area contributed by atoms with Crippen LogP contribution < -0.4 is 58.9 Å². The summed E-state index contributed by atoms with van der Waals surface area (Å²) in [7, 11) is 6.41. The van der Waals surface area contributed by atoms with E-state index in [0.717, 1.165) is 40.8 Å². The van der Waals surface area contributed by atoms with E-state index in [-0.39, 0.29) is 109 Å². The number of nitrogens with one attached hydrogen (secondary N) is 9. The fourth-order valence-corrected chi connectivity index (χ4v) is 11.5. The van der Waals surface area contributed by atoms with E-state index < -0.39 is 29.5 Å². The van der Waals surface area contributed by atoms with Gasteiger partial charge in [0, 0.05) is 132 Å². The van der Waals surface area contributed by atoms with E-state index in [9.17, 15) is 38.4 Å². The number of aromatic nitrogens is 6. The maximum atomic E-state index is 13.4. The first kappa shape index (κ1) is 82.1. The minimum Gasteiger partial charge on any atom is -0.399 e. The summed E-state index contributed by atoms with van der Waals surface area (Å²) in [6.07, 6.45) is 7.58. The SMILES string of the molecule is CC(=O)N1c2ccc(-c3ccc(C(=O)NCCOCCOCCOCCOCCOCCOCCOCCOCCNC(=O)c4cc(NC(=O)c5nc(NC(=O)CCNC(=O)c6cc(NC(=O)c7nc(NC(=O)CCNC(=N)N)cn7C)cn6C)cn5C)cn4C)cc3-c3cc(N)ccc3Cl)cc2CC[C@@H]1C. The van der Waals surface area contributed by atoms with Gasteiger partial charge in [-0.3, -0.25) is 43.8 Å². The summed E-state index contributed by atoms with van der Waals surface area (Å²) < 4.78 is 50.6. The number of hydrogen-bond acceptors (Lipinski definition) is 20. The van der Waals surface area contributed by atoms with E-state index in [1.165, 1.54) is 44.4 Å². The summed E-state index contributed by atoms with van der Waals surface area (Å²) in [6, 6.07) is 20.0. The summed E-state index contributed by atoms with van der Waals surface area (Å²) >= 11 is 6.73. The van der Waals surface area contributed by atoms with Crippen molar-refractivity contribution in [2.24, 2.45) is 33.9 Å². The van der Waals surface area contributed by atoms with E-state index in [2.05, 4.69) is 65.5 Å². The third-order valence-corrected chi connectivity index (χ3v) is 16.8. The first-order valence-corrected chi connectivity index (χ1v) is 35.2. The van der Waals surface area contributed by atoms with Crippen LogP contribution in [0, 0.1) is 5.41 Å². The Kier molecular flexibility index (Phi) is 32.2. The highest BCUT2D eigenvalue weighted by Gasteiger charge is 2.28. The number of carbonyl (C=O) groups excluding carboxylic acids is 8. The van der Waals surface area contributed by atoms with Crippen LogP contribution >= 0.6 is 11.6 Å². The molecule has 107 heavy (non-hydrogen) atoms. The van der Waals surface area contributed by atoms with Crippen LogP contribution in [-0.2, 0) is 86.9 Å². The normalized spacial score (nSPS) is 12.5. The summed E-state index contributed by atoms with van der Waals surface area (Å²) in [5.41, 5.74) is 18.8. The number of aryl methyl sites for hydroxylation is 5. The summed E-state index contributed by atoms with van der Waals surface area (Å²) in [5, 5.41) is 29.2. The van der Waals surface area contributed by atoms with Gasteiger partial charge in [-0.2, -0.15) is 0 Å². The fraction of sp³-hybridized carbons (Fsp3) is 0.431. The quantitative estimate of drug-likeness (QED) is 0.0109. The molecule has 0 bridgehead atoms. The van der Waals surface area contributed by atoms with Crippen LogP contribution in [0.15, 0.2) is 91.5 Å². The van der Waals surface area contributed by atoms with Crippen molar-refractivity contribution in [3.8, 4) is 22.3 Å². The number of amides is 8. The lowest BCUT2D eigenvalue weighted by atomic mass is 9.89. The Morgan fingerprint density at radius 1 is 0.495 bits per heavy atom. The Balaban J connectivity index is 0.578. The fourth-order valence-electron chi connectivity index (χ4n) is 11.3. The van der Waals surface area contributed by atoms with Crippen LogP contribution in [0.2, 0.25) is 5.02 Å². The monoisotopic (exact) mass is 1500 g/mol. The lowest BCUT2D eigenvalue weighted by Crippen LogP contribution is -2.40. The zero-order chi connectivity index (χ0) is 76.8. The van der Waals surface area contributed by atoms with Crippen molar-refractivity contribution >= 4 is 99.2 Å². The largest absolute Gasteiger partial charge is 0.399 e. The van der Waals surface area contributed by atoms with E-state index >= 15 is 0 Å². The van der Waals surface area contributed by atoms with Crippen LogP contribution in [0.1, 0.15) is 91.2 Å². The lowest BCUT2D eigenvalue weighted by molar-refractivity contribution is -0.117. The second kappa shape index (κ2) is 42.0. The van der Waals surface area contributed by atoms with Crippen molar-refractivity contribution in [1.29, 1.82) is 5.41 Å². The van der Waals surface area contributed by atoms with Crippen LogP contribution in [0.4, 0.5) is 34.4 Å². The molecule has 1 atom stereocenters. The number of rotatable bonds is 44. The van der Waals surface area contributed by atoms with Crippen molar-refractivity contribution in [1.82, 2.24) is 49.5 Å². The highest BCUT2D eigenvalue weighted by molar-refractivity contribution is 6.33. The molecule has 1 aliphatic heterocycles. The van der Waals surface area contributed by atoms with Gasteiger partial charge in [-0.25, -0.2) is 9.97 Å². The van der Waals surface area contributed by atoms with Crippen LogP contribution in [0.25, 0.3) is 22.3 Å². The number of benzene rings is 3. The molecular formula is C72H95ClN18O16. The van der Waals surface area contributed by atoms with E-state index in [1.807, 2.05) is 29.2 Å². The van der Waals surface area contributed by atoms with Gasteiger partial charge in [0.05, 0.1) is 117 Å². The van der Waals surface area contributed by atoms with Gasteiger partial charge in [0.2, 0.25) is 29.4 Å². The number of nitrogens with two attached hydrogens (primary N) is 2. The van der Waals surface area contributed by atoms with Crippen molar-refractivity contribution in [3.05, 3.63) is 131 Å². The molecule has 576 valence electrons. The van der Waals surface area contributed by atoms with Gasteiger partial charge >= 0.3 is 0 Å². The topological polar surface area (TPSA) is 431 Å². The minimum absolute atomic E-state index is 0.0106. The number of nitrogens with zero attached hydrogens (tertiary/aromatic N) is 7. The molecule has 3 aromatic carbocycles. The molecule has 4 aromatic heterocycles. The molecule has 8 amide bonds. The van der Waals surface area contributed by atoms with E-state index in [4.69, 9.17) is 66.4 Å². The van der Waals surface area contributed by atoms with Gasteiger partial charge in [-0.15, -0.1) is 0 Å². The smallest absolute Gasteiger partial charge is 0.291 e. The molecule has 0 radical (unpaired) electrons. The molecule has 7 aromatic rings. The highest BCUT2D eigenvalue weighted by Crippen LogP contribution is 2.41. The highest BCUT2D eigenvalue weighted by atomic mass is 35.5. The molecule has 0 aliphatic carbocycles. The first-order valence-electron chi connectivity index (χ1n) is 34.8. The summed E-state index contributed by atoms with van der Waals surface area (Å²) in [4.78, 5) is 114. The average Bonchev–Trinajstić information content (AvgIpc) is 1.68. The Bertz CT molecular complexity index is 4210. The maximum Gasteiger partial charge on any atom is 0.291 e. The molecule has 0 saturated heterocycles. The second-order valence-corrected chi connectivity index (χ2v) is 25.1. The van der Waals surface area contributed by atoms with Crippen LogP contribution in [0.5, 0.6) is 0 Å². The Morgan fingerprint density at radius 3 is 1.41 bits per heavy atom. The molecule has 5 heterocycles. The van der Waals surface area contributed by atoms with Crippen molar-refractivity contribution in [3.63, 3.8) is 0 Å². The Labute approximate surface area is 624 Å². The second-order valence-electron chi connectivity index (χ2n) is 24.7. The zero-order valence-corrected chi connectivity index (χ0v) is 61.7. The molecule has 35 heteroatoms. The number of hydrogen-bond donors (Lipinski definition) is 11. The van der Waals surface area contributed by atoms with Crippen molar-refractivity contribution < 1.29 is 76.3 Å². The van der Waals surface area contributed by atoms with Crippen LogP contribution in [0.3, 0.4) is 0 Å². The van der Waals surface area contributed by atoms with Gasteiger partial charge in [-0.05, 0) is 96.6 Å². The minimum atomic E-state index is -0.604. The zero-order valence-electron chi connectivity index (χ0n) is 60.9. The van der Waals surface area contributed by atoms with Gasteiger partial charge in [-0.1, -0.05) is 23.7 Å². The molecule has 1 aliphatic rings. The standard InChI is InChI=1S/C72H95ClN18O16/c1-46-7-8-49-37-48(10-14-58(49)91(46)47(2)92)54-12-9-50(38-55(54)56-39-51(74)11-13-57(56)73)67(95)78-19-21-100-23-25-102-27-29-104-31-33-106-35-36-107-34-32-105-30-28-103-26-24-101-22-20-79-69(97)60-41-53(43-88(60)4)82-71(99)65-85-61(44-89(65)5)83-63(93)15-17-77-68(96)59-40-52(42-87(59)3)81-70(98)66-86-62(45-90(66)6)84-64(94)16-18-80-72(75)76/h9-14,37-46H,7-8,15-36,74H2,1-6H3,(H,77,96)(H,78,95)(H,79,97)(H,81,98)(H,82,99)(H,83,93)(H,84,94)(H4,75,76,80)/t46-/m0/s1.